The monoisotopic (exact) mass is 362 g/mol. The molecule has 0 radical (unpaired) electrons. The zero-order chi connectivity index (χ0) is 18.8. The largest absolute Gasteiger partial charge is 0.492 e. The smallest absolute Gasteiger partial charge is 0.142 e. The van der Waals surface area contributed by atoms with E-state index in [1.165, 1.54) is 22.5 Å². The number of fused-ring (bicyclic) bond motifs is 3. The van der Waals surface area contributed by atoms with Crippen LogP contribution in [-0.2, 0) is 0 Å². The fraction of sp³-hybridized carbons (Fsp3) is 0.417. The predicted molar refractivity (Wildman–Crippen MR) is 114 cm³/mol. The molecule has 1 N–H and O–H groups in total. The van der Waals surface area contributed by atoms with Crippen molar-refractivity contribution in [2.24, 2.45) is 5.92 Å². The van der Waals surface area contributed by atoms with Crippen LogP contribution >= 0.6 is 0 Å². The van der Waals surface area contributed by atoms with Gasteiger partial charge in [0.05, 0.1) is 18.3 Å². The van der Waals surface area contributed by atoms with Crippen molar-refractivity contribution in [3.63, 3.8) is 0 Å². The lowest BCUT2D eigenvalue weighted by Gasteiger charge is -2.38. The molecule has 27 heavy (non-hydrogen) atoms. The van der Waals surface area contributed by atoms with Crippen LogP contribution in [0.3, 0.4) is 0 Å². The van der Waals surface area contributed by atoms with Crippen molar-refractivity contribution < 1.29 is 4.74 Å². The SMILES string of the molecule is CCOc1cccc2c1NC(c1ccc(N(CC)CC)cc1)C1CC=CC21. The van der Waals surface area contributed by atoms with Gasteiger partial charge in [-0.3, -0.25) is 0 Å². The fourth-order valence-electron chi connectivity index (χ4n) is 4.68. The van der Waals surface area contributed by atoms with Crippen LogP contribution in [0.4, 0.5) is 11.4 Å². The van der Waals surface area contributed by atoms with Crippen molar-refractivity contribution in [2.75, 3.05) is 29.9 Å². The number of para-hydroxylation sites is 1. The summed E-state index contributed by atoms with van der Waals surface area (Å²) in [6.07, 6.45) is 5.85. The molecule has 1 aliphatic heterocycles. The number of benzene rings is 2. The summed E-state index contributed by atoms with van der Waals surface area (Å²) in [5, 5.41) is 3.84. The van der Waals surface area contributed by atoms with Gasteiger partial charge in [-0.2, -0.15) is 0 Å². The van der Waals surface area contributed by atoms with Crippen LogP contribution in [0, 0.1) is 5.92 Å². The molecule has 3 heteroatoms. The van der Waals surface area contributed by atoms with Crippen LogP contribution in [0.25, 0.3) is 0 Å². The van der Waals surface area contributed by atoms with E-state index in [0.717, 1.165) is 25.3 Å². The van der Waals surface area contributed by atoms with Gasteiger partial charge in [0.25, 0.3) is 0 Å². The molecule has 0 fully saturated rings. The van der Waals surface area contributed by atoms with E-state index in [4.69, 9.17) is 4.74 Å². The highest BCUT2D eigenvalue weighted by Gasteiger charge is 2.38. The second-order valence-corrected chi connectivity index (χ2v) is 7.39. The van der Waals surface area contributed by atoms with Gasteiger partial charge in [-0.15, -0.1) is 0 Å². The van der Waals surface area contributed by atoms with Crippen molar-refractivity contribution in [1.82, 2.24) is 0 Å². The van der Waals surface area contributed by atoms with Crippen molar-refractivity contribution in [3.8, 4) is 5.75 Å². The molecule has 142 valence electrons. The van der Waals surface area contributed by atoms with E-state index in [9.17, 15) is 0 Å². The van der Waals surface area contributed by atoms with Crippen LogP contribution in [-0.4, -0.2) is 19.7 Å². The van der Waals surface area contributed by atoms with Crippen LogP contribution in [0.5, 0.6) is 5.75 Å². The maximum absolute atomic E-state index is 5.92. The lowest BCUT2D eigenvalue weighted by molar-refractivity contribution is 0.337. The normalized spacial score (nSPS) is 22.7. The minimum atomic E-state index is 0.310. The lowest BCUT2D eigenvalue weighted by atomic mass is 9.77. The number of hydrogen-bond donors (Lipinski definition) is 1. The molecular formula is C24H30N2O. The molecule has 3 unspecified atom stereocenters. The number of nitrogens with one attached hydrogen (secondary N) is 1. The molecule has 2 aromatic rings. The van der Waals surface area contributed by atoms with Gasteiger partial charge in [-0.25, -0.2) is 0 Å². The molecule has 3 atom stereocenters. The van der Waals surface area contributed by atoms with Crippen LogP contribution < -0.4 is 15.0 Å². The first-order valence-corrected chi connectivity index (χ1v) is 10.3. The lowest BCUT2D eigenvalue weighted by Crippen LogP contribution is -2.29. The molecule has 1 aliphatic carbocycles. The van der Waals surface area contributed by atoms with Crippen LogP contribution in [0.15, 0.2) is 54.6 Å². The first-order valence-electron chi connectivity index (χ1n) is 10.3. The van der Waals surface area contributed by atoms with Crippen LogP contribution in [0.2, 0.25) is 0 Å². The van der Waals surface area contributed by atoms with E-state index >= 15 is 0 Å². The summed E-state index contributed by atoms with van der Waals surface area (Å²) in [6.45, 7) is 9.23. The molecule has 2 aliphatic rings. The average Bonchev–Trinajstić information content (AvgIpc) is 3.20. The van der Waals surface area contributed by atoms with Gasteiger partial charge in [-0.05, 0) is 62.4 Å². The van der Waals surface area contributed by atoms with Crippen molar-refractivity contribution in [3.05, 3.63) is 65.7 Å². The number of allylic oxidation sites excluding steroid dienone is 2. The van der Waals surface area contributed by atoms with E-state index in [-0.39, 0.29) is 0 Å². The minimum Gasteiger partial charge on any atom is -0.492 e. The Morgan fingerprint density at radius 3 is 2.52 bits per heavy atom. The van der Waals surface area contributed by atoms with Gasteiger partial charge < -0.3 is 15.0 Å². The first-order chi connectivity index (χ1) is 13.3. The van der Waals surface area contributed by atoms with E-state index < -0.39 is 0 Å². The topological polar surface area (TPSA) is 24.5 Å². The van der Waals surface area contributed by atoms with Gasteiger partial charge >= 0.3 is 0 Å². The second kappa shape index (κ2) is 7.67. The summed E-state index contributed by atoms with van der Waals surface area (Å²) in [4.78, 5) is 2.39. The average molecular weight is 363 g/mol. The predicted octanol–water partition coefficient (Wildman–Crippen LogP) is 5.76. The van der Waals surface area contributed by atoms with Gasteiger partial charge in [0.1, 0.15) is 5.75 Å². The standard InChI is InChI=1S/C24H30N2O/c1-4-26(5-2)18-15-13-17(14-16-18)23-20-10-7-9-19(20)21-11-8-12-22(27-6-3)24(21)25-23/h7-9,11-16,19-20,23,25H,4-6,10H2,1-3H3. The summed E-state index contributed by atoms with van der Waals surface area (Å²) in [5.41, 5.74) is 5.21. The molecule has 0 saturated heterocycles. The highest BCUT2D eigenvalue weighted by atomic mass is 16.5. The van der Waals surface area contributed by atoms with Gasteiger partial charge in [0, 0.05) is 24.7 Å². The highest BCUT2D eigenvalue weighted by molar-refractivity contribution is 5.68. The third kappa shape index (κ3) is 3.20. The summed E-state index contributed by atoms with van der Waals surface area (Å²) in [7, 11) is 0. The van der Waals surface area contributed by atoms with Crippen molar-refractivity contribution in [2.45, 2.75) is 39.2 Å². The molecular weight excluding hydrogens is 332 g/mol. The molecule has 0 amide bonds. The second-order valence-electron chi connectivity index (χ2n) is 7.39. The molecule has 0 spiro atoms. The first kappa shape index (κ1) is 18.0. The summed E-state index contributed by atoms with van der Waals surface area (Å²) in [6, 6.07) is 15.9. The van der Waals surface area contributed by atoms with E-state index in [1.807, 2.05) is 6.92 Å². The third-order valence-electron chi connectivity index (χ3n) is 6.04. The number of rotatable bonds is 6. The zero-order valence-corrected chi connectivity index (χ0v) is 16.6. The van der Waals surface area contributed by atoms with E-state index in [2.05, 4.69) is 78.7 Å². The number of anilines is 2. The molecule has 2 aromatic carbocycles. The number of ether oxygens (including phenoxy) is 1. The highest BCUT2D eigenvalue weighted by Crippen LogP contribution is 2.52. The van der Waals surface area contributed by atoms with Crippen molar-refractivity contribution >= 4 is 11.4 Å². The number of hydrogen-bond acceptors (Lipinski definition) is 3. The Kier molecular flexibility index (Phi) is 5.11. The Bertz CT molecular complexity index is 808. The Balaban J connectivity index is 1.68. The van der Waals surface area contributed by atoms with E-state index in [0.29, 0.717) is 24.5 Å². The van der Waals surface area contributed by atoms with Gasteiger partial charge in [-0.1, -0.05) is 36.4 Å². The Labute approximate surface area is 163 Å². The fourth-order valence-corrected chi connectivity index (χ4v) is 4.68. The number of nitrogens with zero attached hydrogens (tertiary/aromatic N) is 1. The Morgan fingerprint density at radius 1 is 1.04 bits per heavy atom. The molecule has 0 saturated carbocycles. The summed E-state index contributed by atoms with van der Waals surface area (Å²) in [5.74, 6) is 2.00. The van der Waals surface area contributed by atoms with Crippen molar-refractivity contribution in [1.29, 1.82) is 0 Å². The quantitative estimate of drug-likeness (QED) is 0.661. The Hall–Kier alpha value is -2.42. The van der Waals surface area contributed by atoms with Gasteiger partial charge in [0.2, 0.25) is 0 Å². The summed E-state index contributed by atoms with van der Waals surface area (Å²) < 4.78 is 5.92. The molecule has 0 bridgehead atoms. The third-order valence-corrected chi connectivity index (χ3v) is 6.04. The van der Waals surface area contributed by atoms with Gasteiger partial charge in [0.15, 0.2) is 0 Å². The molecule has 0 aromatic heterocycles. The maximum atomic E-state index is 5.92. The van der Waals surface area contributed by atoms with Crippen LogP contribution in [0.1, 0.15) is 50.3 Å². The molecule has 3 nitrogen and oxygen atoms in total. The van der Waals surface area contributed by atoms with E-state index in [1.54, 1.807) is 0 Å². The maximum Gasteiger partial charge on any atom is 0.142 e. The molecule has 4 rings (SSSR count). The molecule has 1 heterocycles. The minimum absolute atomic E-state index is 0.310. The Morgan fingerprint density at radius 2 is 1.81 bits per heavy atom. The zero-order valence-electron chi connectivity index (χ0n) is 16.6. The summed E-state index contributed by atoms with van der Waals surface area (Å²) >= 11 is 0.